The van der Waals surface area contributed by atoms with Gasteiger partial charge in [0, 0.05) is 54.3 Å². The fourth-order valence-corrected chi connectivity index (χ4v) is 4.00. The van der Waals surface area contributed by atoms with Crippen molar-refractivity contribution in [2.24, 2.45) is 0 Å². The minimum Gasteiger partial charge on any atom is -0.356 e. The van der Waals surface area contributed by atoms with E-state index in [1.165, 1.54) is 0 Å². The highest BCUT2D eigenvalue weighted by atomic mass is 35.5. The molecule has 0 bridgehead atoms. The molecule has 0 aliphatic rings. The Morgan fingerprint density at radius 3 is 2.68 bits per heavy atom. The van der Waals surface area contributed by atoms with Crippen molar-refractivity contribution in [2.45, 2.75) is 25.8 Å². The Labute approximate surface area is 191 Å². The molecule has 0 saturated heterocycles. The molecule has 0 unspecified atom stereocenters. The molecule has 4 rings (SSSR count). The van der Waals surface area contributed by atoms with Crippen LogP contribution in [0, 0.1) is 0 Å². The first-order valence-electron chi connectivity index (χ1n) is 10.1. The monoisotopic (exact) mass is 452 g/mol. The fourth-order valence-electron chi connectivity index (χ4n) is 3.52. The van der Waals surface area contributed by atoms with Crippen molar-refractivity contribution in [1.82, 2.24) is 19.9 Å². The number of pyridine rings is 1. The van der Waals surface area contributed by atoms with Gasteiger partial charge in [-0.25, -0.2) is 4.98 Å². The number of carbonyl (C=O) groups is 1. The summed E-state index contributed by atoms with van der Waals surface area (Å²) in [6.07, 6.45) is 3.40. The van der Waals surface area contributed by atoms with Crippen molar-refractivity contribution in [2.75, 3.05) is 6.54 Å². The SMILES string of the molecule is O=C(CCn1c(Cc2ccc(Cl)cc2Cl)nc2ccccc21)NCCc1ccccn1. The first-order chi connectivity index (χ1) is 15.1. The molecular formula is C24H22Cl2N4O. The van der Waals surface area contributed by atoms with Crippen LogP contribution in [0.25, 0.3) is 11.0 Å². The molecule has 0 atom stereocenters. The lowest BCUT2D eigenvalue weighted by Gasteiger charge is -2.11. The van der Waals surface area contributed by atoms with Crippen LogP contribution in [-0.2, 0) is 24.2 Å². The van der Waals surface area contributed by atoms with E-state index in [1.54, 1.807) is 12.3 Å². The number of aryl methyl sites for hydroxylation is 1. The number of hydrogen-bond donors (Lipinski definition) is 1. The van der Waals surface area contributed by atoms with E-state index in [0.717, 1.165) is 28.1 Å². The van der Waals surface area contributed by atoms with Gasteiger partial charge in [-0.3, -0.25) is 9.78 Å². The molecule has 0 saturated carbocycles. The van der Waals surface area contributed by atoms with Gasteiger partial charge in [0.15, 0.2) is 0 Å². The van der Waals surface area contributed by atoms with Crippen molar-refractivity contribution in [3.05, 3.63) is 94.0 Å². The number of aromatic nitrogens is 3. The second kappa shape index (κ2) is 9.94. The molecule has 0 aliphatic heterocycles. The van der Waals surface area contributed by atoms with E-state index in [9.17, 15) is 4.79 Å². The number of para-hydroxylation sites is 2. The first kappa shape index (κ1) is 21.3. The molecule has 0 aliphatic carbocycles. The van der Waals surface area contributed by atoms with Gasteiger partial charge in [0.1, 0.15) is 5.82 Å². The normalized spacial score (nSPS) is 11.0. The molecule has 4 aromatic rings. The summed E-state index contributed by atoms with van der Waals surface area (Å²) in [6.45, 7) is 1.10. The van der Waals surface area contributed by atoms with Crippen LogP contribution < -0.4 is 5.32 Å². The Kier molecular flexibility index (Phi) is 6.85. The third kappa shape index (κ3) is 5.43. The third-order valence-corrected chi connectivity index (χ3v) is 5.68. The summed E-state index contributed by atoms with van der Waals surface area (Å²) in [5.41, 5.74) is 3.81. The summed E-state index contributed by atoms with van der Waals surface area (Å²) in [7, 11) is 0. The minimum absolute atomic E-state index is 0.00388. The maximum atomic E-state index is 12.4. The molecule has 1 N–H and O–H groups in total. The van der Waals surface area contributed by atoms with Crippen LogP contribution in [0.5, 0.6) is 0 Å². The van der Waals surface area contributed by atoms with Gasteiger partial charge in [-0.05, 0) is 42.0 Å². The van der Waals surface area contributed by atoms with E-state index in [2.05, 4.69) is 14.9 Å². The molecule has 0 radical (unpaired) electrons. The number of fused-ring (bicyclic) bond motifs is 1. The average molecular weight is 453 g/mol. The Morgan fingerprint density at radius 1 is 1.03 bits per heavy atom. The molecule has 2 heterocycles. The molecule has 0 spiro atoms. The minimum atomic E-state index is 0.00388. The van der Waals surface area contributed by atoms with E-state index in [-0.39, 0.29) is 5.91 Å². The van der Waals surface area contributed by atoms with Gasteiger partial charge < -0.3 is 9.88 Å². The Balaban J connectivity index is 1.45. The van der Waals surface area contributed by atoms with Gasteiger partial charge in [0.2, 0.25) is 5.91 Å². The first-order valence-corrected chi connectivity index (χ1v) is 10.9. The van der Waals surface area contributed by atoms with Crippen LogP contribution in [0.15, 0.2) is 66.9 Å². The highest BCUT2D eigenvalue weighted by Crippen LogP contribution is 2.25. The molecule has 1 amide bonds. The predicted octanol–water partition coefficient (Wildman–Crippen LogP) is 5.08. The zero-order valence-corrected chi connectivity index (χ0v) is 18.4. The van der Waals surface area contributed by atoms with Crippen LogP contribution in [0.1, 0.15) is 23.5 Å². The van der Waals surface area contributed by atoms with E-state index in [1.807, 2.05) is 54.6 Å². The molecule has 31 heavy (non-hydrogen) atoms. The molecule has 0 fully saturated rings. The molecule has 2 aromatic heterocycles. The maximum absolute atomic E-state index is 12.4. The number of amides is 1. The quantitative estimate of drug-likeness (QED) is 0.405. The largest absolute Gasteiger partial charge is 0.356 e. The molecule has 5 nitrogen and oxygen atoms in total. The predicted molar refractivity (Wildman–Crippen MR) is 125 cm³/mol. The summed E-state index contributed by atoms with van der Waals surface area (Å²) in [6, 6.07) is 19.2. The summed E-state index contributed by atoms with van der Waals surface area (Å²) >= 11 is 12.4. The third-order valence-electron chi connectivity index (χ3n) is 5.09. The average Bonchev–Trinajstić information content (AvgIpc) is 3.12. The van der Waals surface area contributed by atoms with Crippen molar-refractivity contribution in [1.29, 1.82) is 0 Å². The number of carbonyl (C=O) groups excluding carboxylic acids is 1. The molecule has 2 aromatic carbocycles. The smallest absolute Gasteiger partial charge is 0.221 e. The lowest BCUT2D eigenvalue weighted by molar-refractivity contribution is -0.121. The number of hydrogen-bond acceptors (Lipinski definition) is 3. The number of imidazole rings is 1. The fraction of sp³-hybridized carbons (Fsp3) is 0.208. The van der Waals surface area contributed by atoms with E-state index in [0.29, 0.717) is 42.4 Å². The van der Waals surface area contributed by atoms with Crippen LogP contribution in [-0.4, -0.2) is 27.0 Å². The van der Waals surface area contributed by atoms with Crippen LogP contribution >= 0.6 is 23.2 Å². The van der Waals surface area contributed by atoms with Gasteiger partial charge in [-0.15, -0.1) is 0 Å². The molecule has 158 valence electrons. The summed E-state index contributed by atoms with van der Waals surface area (Å²) in [5, 5.41) is 4.19. The number of halogens is 2. The highest BCUT2D eigenvalue weighted by molar-refractivity contribution is 6.35. The molecule has 7 heteroatoms. The summed E-state index contributed by atoms with van der Waals surface area (Å²) in [5.74, 6) is 0.871. The number of benzene rings is 2. The standard InChI is InChI=1S/C24H22Cl2N4O/c25-18-9-8-17(20(26)16-18)15-23-29-21-6-1-2-7-22(21)30(23)14-11-24(31)28-13-10-19-5-3-4-12-27-19/h1-9,12,16H,10-11,13-15H2,(H,28,31). The van der Waals surface area contributed by atoms with Gasteiger partial charge in [0.25, 0.3) is 0 Å². The van der Waals surface area contributed by atoms with E-state index < -0.39 is 0 Å². The zero-order chi connectivity index (χ0) is 21.6. The van der Waals surface area contributed by atoms with Gasteiger partial charge in [-0.2, -0.15) is 0 Å². The summed E-state index contributed by atoms with van der Waals surface area (Å²) < 4.78 is 2.10. The van der Waals surface area contributed by atoms with E-state index >= 15 is 0 Å². The van der Waals surface area contributed by atoms with Gasteiger partial charge in [-0.1, -0.05) is 47.5 Å². The van der Waals surface area contributed by atoms with Gasteiger partial charge in [0.05, 0.1) is 11.0 Å². The van der Waals surface area contributed by atoms with E-state index in [4.69, 9.17) is 28.2 Å². The maximum Gasteiger partial charge on any atom is 0.221 e. The lowest BCUT2D eigenvalue weighted by Crippen LogP contribution is -2.27. The number of rotatable bonds is 8. The number of nitrogens with one attached hydrogen (secondary N) is 1. The van der Waals surface area contributed by atoms with Crippen molar-refractivity contribution < 1.29 is 4.79 Å². The lowest BCUT2D eigenvalue weighted by atomic mass is 10.1. The van der Waals surface area contributed by atoms with Crippen LogP contribution in [0.3, 0.4) is 0 Å². The molecular weight excluding hydrogens is 431 g/mol. The zero-order valence-electron chi connectivity index (χ0n) is 16.9. The second-order valence-corrected chi connectivity index (χ2v) is 8.10. The highest BCUT2D eigenvalue weighted by Gasteiger charge is 2.14. The number of nitrogens with zero attached hydrogens (tertiary/aromatic N) is 3. The Hall–Kier alpha value is -2.89. The van der Waals surface area contributed by atoms with Crippen molar-refractivity contribution in [3.8, 4) is 0 Å². The van der Waals surface area contributed by atoms with Crippen LogP contribution in [0.2, 0.25) is 10.0 Å². The topological polar surface area (TPSA) is 59.8 Å². The van der Waals surface area contributed by atoms with Crippen LogP contribution in [0.4, 0.5) is 0 Å². The Morgan fingerprint density at radius 2 is 1.87 bits per heavy atom. The van der Waals surface area contributed by atoms with Gasteiger partial charge >= 0.3 is 0 Å². The van der Waals surface area contributed by atoms with Crippen molar-refractivity contribution >= 4 is 40.1 Å². The Bertz CT molecular complexity index is 1190. The summed E-state index contributed by atoms with van der Waals surface area (Å²) in [4.78, 5) is 21.5. The van der Waals surface area contributed by atoms with Crippen molar-refractivity contribution in [3.63, 3.8) is 0 Å². The second-order valence-electron chi connectivity index (χ2n) is 7.25.